The molecule has 0 aliphatic carbocycles. The van der Waals surface area contributed by atoms with Gasteiger partial charge >= 0.3 is 0 Å². The van der Waals surface area contributed by atoms with Crippen molar-refractivity contribution in [2.75, 3.05) is 18.9 Å². The van der Waals surface area contributed by atoms with E-state index in [0.29, 0.717) is 24.4 Å². The zero-order valence-electron chi connectivity index (χ0n) is 12.1. The number of anilines is 1. The smallest absolute Gasteiger partial charge is 0.253 e. The Labute approximate surface area is 118 Å². The molecular weight excluding hydrogens is 254 g/mol. The molecule has 5 nitrogen and oxygen atoms in total. The second kappa shape index (κ2) is 5.54. The van der Waals surface area contributed by atoms with Crippen molar-refractivity contribution in [1.29, 1.82) is 0 Å². The molecule has 2 aromatic rings. The molecule has 0 radical (unpaired) electrons. The first-order chi connectivity index (χ1) is 9.43. The maximum atomic E-state index is 12.3. The van der Waals surface area contributed by atoms with Crippen LogP contribution in [0.4, 0.5) is 5.69 Å². The van der Waals surface area contributed by atoms with Crippen molar-refractivity contribution in [1.82, 2.24) is 10.3 Å². The number of carbonyl (C=O) groups excluding carboxylic acids is 1. The Morgan fingerprint density at radius 1 is 1.45 bits per heavy atom. The van der Waals surface area contributed by atoms with Gasteiger partial charge in [0.25, 0.3) is 5.91 Å². The van der Waals surface area contributed by atoms with Gasteiger partial charge in [-0.15, -0.1) is 0 Å². The number of nitrogen functional groups attached to an aromatic ring is 1. The van der Waals surface area contributed by atoms with Crippen LogP contribution in [-0.2, 0) is 4.74 Å². The first-order valence-electron chi connectivity index (χ1n) is 6.72. The highest BCUT2D eigenvalue weighted by Gasteiger charge is 2.20. The van der Waals surface area contributed by atoms with Gasteiger partial charge in [-0.3, -0.25) is 4.79 Å². The zero-order chi connectivity index (χ0) is 14.8. The fourth-order valence-corrected chi connectivity index (χ4v) is 2.16. The summed E-state index contributed by atoms with van der Waals surface area (Å²) in [5, 5.41) is 3.73. The Morgan fingerprint density at radius 2 is 2.20 bits per heavy atom. The summed E-state index contributed by atoms with van der Waals surface area (Å²) in [4.78, 5) is 15.3. The lowest BCUT2D eigenvalue weighted by Gasteiger charge is -2.24. The van der Waals surface area contributed by atoms with Crippen LogP contribution in [-0.4, -0.2) is 29.6 Å². The quantitative estimate of drug-likeness (QED) is 0.732. The molecule has 0 fully saturated rings. The predicted octanol–water partition coefficient (Wildman–Crippen LogP) is 2.29. The molecule has 1 aromatic carbocycles. The van der Waals surface area contributed by atoms with Gasteiger partial charge in [-0.25, -0.2) is 0 Å². The number of aromatic amines is 1. The average molecular weight is 275 g/mol. The summed E-state index contributed by atoms with van der Waals surface area (Å²) in [7, 11) is 0. The molecule has 1 amide bonds. The number of carbonyl (C=O) groups is 1. The molecule has 2 rings (SSSR count). The molecule has 1 aromatic heterocycles. The van der Waals surface area contributed by atoms with Gasteiger partial charge in [0, 0.05) is 35.9 Å². The van der Waals surface area contributed by atoms with E-state index < -0.39 is 0 Å². The van der Waals surface area contributed by atoms with E-state index >= 15 is 0 Å². The Hall–Kier alpha value is -2.01. The van der Waals surface area contributed by atoms with E-state index in [1.807, 2.05) is 26.8 Å². The highest BCUT2D eigenvalue weighted by molar-refractivity contribution is 6.07. The lowest BCUT2D eigenvalue weighted by atomic mass is 10.1. The van der Waals surface area contributed by atoms with Crippen LogP contribution in [0.1, 0.15) is 31.1 Å². The minimum Gasteiger partial charge on any atom is -0.399 e. The second-order valence-corrected chi connectivity index (χ2v) is 5.38. The summed E-state index contributed by atoms with van der Waals surface area (Å²) in [6, 6.07) is 5.47. The number of hydrogen-bond donors (Lipinski definition) is 3. The molecule has 0 aliphatic heterocycles. The van der Waals surface area contributed by atoms with Crippen molar-refractivity contribution in [3.05, 3.63) is 30.0 Å². The monoisotopic (exact) mass is 275 g/mol. The highest BCUT2D eigenvalue weighted by atomic mass is 16.5. The first-order valence-corrected chi connectivity index (χ1v) is 6.72. The van der Waals surface area contributed by atoms with Crippen LogP contribution in [0.5, 0.6) is 0 Å². The number of nitrogens with one attached hydrogen (secondary N) is 2. The largest absolute Gasteiger partial charge is 0.399 e. The summed E-state index contributed by atoms with van der Waals surface area (Å²) < 4.78 is 5.56. The molecule has 5 heteroatoms. The number of amides is 1. The number of ether oxygens (including phenoxy) is 1. The minimum absolute atomic E-state index is 0.130. The fourth-order valence-electron chi connectivity index (χ4n) is 2.16. The van der Waals surface area contributed by atoms with Gasteiger partial charge in [0.05, 0.1) is 11.2 Å². The number of rotatable bonds is 5. The third-order valence-corrected chi connectivity index (χ3v) is 3.16. The number of H-pyrrole nitrogens is 1. The molecule has 0 atom stereocenters. The number of aromatic nitrogens is 1. The van der Waals surface area contributed by atoms with Crippen molar-refractivity contribution < 1.29 is 9.53 Å². The zero-order valence-corrected chi connectivity index (χ0v) is 12.1. The van der Waals surface area contributed by atoms with Crippen LogP contribution >= 0.6 is 0 Å². The molecule has 108 valence electrons. The Bertz CT molecular complexity index is 617. The van der Waals surface area contributed by atoms with Crippen LogP contribution in [0.2, 0.25) is 0 Å². The standard InChI is InChI=1S/C15H21N3O2/c1-4-20-15(2,3)9-18-14(19)12-8-17-13-6-5-10(16)7-11(12)13/h5-8,17H,4,9,16H2,1-3H3,(H,18,19). The van der Waals surface area contributed by atoms with Gasteiger partial charge in [-0.2, -0.15) is 0 Å². The SMILES string of the molecule is CCOC(C)(C)CNC(=O)c1c[nH]c2ccc(N)cc12. The lowest BCUT2D eigenvalue weighted by molar-refractivity contribution is -0.00814. The van der Waals surface area contributed by atoms with Gasteiger partial charge in [-0.05, 0) is 39.0 Å². The van der Waals surface area contributed by atoms with Gasteiger partial charge in [0.1, 0.15) is 0 Å². The van der Waals surface area contributed by atoms with Gasteiger partial charge in [0.15, 0.2) is 0 Å². The van der Waals surface area contributed by atoms with E-state index in [1.165, 1.54) is 0 Å². The van der Waals surface area contributed by atoms with Crippen molar-refractivity contribution in [2.45, 2.75) is 26.4 Å². The number of nitrogens with two attached hydrogens (primary N) is 1. The molecule has 0 saturated carbocycles. The number of fused-ring (bicyclic) bond motifs is 1. The number of hydrogen-bond acceptors (Lipinski definition) is 3. The summed E-state index contributed by atoms with van der Waals surface area (Å²) in [6.45, 7) is 6.90. The minimum atomic E-state index is -0.379. The molecule has 20 heavy (non-hydrogen) atoms. The molecular formula is C15H21N3O2. The Morgan fingerprint density at radius 3 is 2.90 bits per heavy atom. The van der Waals surface area contributed by atoms with Crippen LogP contribution in [0.15, 0.2) is 24.4 Å². The van der Waals surface area contributed by atoms with Crippen LogP contribution in [0.3, 0.4) is 0 Å². The Kier molecular flexibility index (Phi) is 3.99. The third kappa shape index (κ3) is 3.11. The van der Waals surface area contributed by atoms with Crippen molar-refractivity contribution in [3.8, 4) is 0 Å². The average Bonchev–Trinajstić information content (AvgIpc) is 2.79. The summed E-state index contributed by atoms with van der Waals surface area (Å²) in [5.74, 6) is -0.130. The van der Waals surface area contributed by atoms with Gasteiger partial charge in [-0.1, -0.05) is 0 Å². The fraction of sp³-hybridized carbons (Fsp3) is 0.400. The second-order valence-electron chi connectivity index (χ2n) is 5.38. The van der Waals surface area contributed by atoms with E-state index in [0.717, 1.165) is 10.9 Å². The molecule has 0 unspecified atom stereocenters. The molecule has 0 saturated heterocycles. The summed E-state index contributed by atoms with van der Waals surface area (Å²) in [6.07, 6.45) is 1.70. The third-order valence-electron chi connectivity index (χ3n) is 3.16. The Balaban J connectivity index is 2.14. The van der Waals surface area contributed by atoms with E-state index in [1.54, 1.807) is 18.3 Å². The van der Waals surface area contributed by atoms with E-state index in [9.17, 15) is 4.79 Å². The molecule has 0 bridgehead atoms. The maximum absolute atomic E-state index is 12.3. The number of benzene rings is 1. The topological polar surface area (TPSA) is 80.1 Å². The molecule has 0 spiro atoms. The van der Waals surface area contributed by atoms with E-state index in [2.05, 4.69) is 10.3 Å². The van der Waals surface area contributed by atoms with E-state index in [-0.39, 0.29) is 11.5 Å². The summed E-state index contributed by atoms with van der Waals surface area (Å²) >= 11 is 0. The van der Waals surface area contributed by atoms with Crippen LogP contribution in [0, 0.1) is 0 Å². The lowest BCUT2D eigenvalue weighted by Crippen LogP contribution is -2.40. The molecule has 1 heterocycles. The summed E-state index contributed by atoms with van der Waals surface area (Å²) in [5.41, 5.74) is 7.52. The highest BCUT2D eigenvalue weighted by Crippen LogP contribution is 2.21. The van der Waals surface area contributed by atoms with E-state index in [4.69, 9.17) is 10.5 Å². The van der Waals surface area contributed by atoms with Crippen molar-refractivity contribution >= 4 is 22.5 Å². The van der Waals surface area contributed by atoms with Crippen LogP contribution in [0.25, 0.3) is 10.9 Å². The van der Waals surface area contributed by atoms with Crippen molar-refractivity contribution in [3.63, 3.8) is 0 Å². The normalized spacial score (nSPS) is 11.8. The van der Waals surface area contributed by atoms with Gasteiger partial charge < -0.3 is 20.8 Å². The van der Waals surface area contributed by atoms with Gasteiger partial charge in [0.2, 0.25) is 0 Å². The van der Waals surface area contributed by atoms with Crippen molar-refractivity contribution in [2.24, 2.45) is 0 Å². The predicted molar refractivity (Wildman–Crippen MR) is 80.7 cm³/mol. The molecule has 4 N–H and O–H groups in total. The maximum Gasteiger partial charge on any atom is 0.253 e. The molecule has 0 aliphatic rings. The van der Waals surface area contributed by atoms with Crippen LogP contribution < -0.4 is 11.1 Å². The first kappa shape index (κ1) is 14.4.